The standard InChI is InChI=1S/C47H49Cl2FN6O7/c48-28-10-13-31-33(24-28)52-44(61)47(31)38(30-5-4-6-32(49)39(30)50)40(54-46(47)19-2-1-3-20-46)42(59)51-29-11-7-26(8-12-29)43(60)55-21-17-25(18-22-55)27-9-14-34-36(23-27)63-45(62)56(34)35-15-16-37(57)53-41(35)58/h4-6,9-10,13-14,23-26,29,35,38,40,54H,1-3,7-8,11-12,15-22H2,(H,51,59)(H,52,61)(H,53,57,58)/t26?,29?,35?,38-,40+,47+/m0/s1. The Morgan fingerprint density at radius 1 is 0.857 bits per heavy atom. The van der Waals surface area contributed by atoms with E-state index in [0.717, 1.165) is 37.7 Å². The number of fused-ring (bicyclic) bond motifs is 4. The molecular formula is C47H49Cl2FN6O7. The molecule has 16 heteroatoms. The zero-order valence-corrected chi connectivity index (χ0v) is 36.2. The molecule has 0 bridgehead atoms. The normalized spacial score (nSPS) is 28.3. The quantitative estimate of drug-likeness (QED) is 0.154. The number of halogens is 3. The van der Waals surface area contributed by atoms with Gasteiger partial charge < -0.3 is 20.0 Å². The monoisotopic (exact) mass is 898 g/mol. The lowest BCUT2D eigenvalue weighted by Crippen LogP contribution is -2.60. The van der Waals surface area contributed by atoms with Gasteiger partial charge in [0.25, 0.3) is 0 Å². The summed E-state index contributed by atoms with van der Waals surface area (Å²) >= 11 is 12.8. The van der Waals surface area contributed by atoms with Crippen molar-refractivity contribution in [1.29, 1.82) is 0 Å². The number of piperidine rings is 2. The summed E-state index contributed by atoms with van der Waals surface area (Å²) in [5.74, 6) is -3.59. The second-order valence-electron chi connectivity index (χ2n) is 18.4. The number of amides is 5. The fraction of sp³-hybridized carbons (Fsp3) is 0.489. The topological polar surface area (TPSA) is 172 Å². The van der Waals surface area contributed by atoms with Crippen LogP contribution in [-0.2, 0) is 29.4 Å². The van der Waals surface area contributed by atoms with Crippen LogP contribution >= 0.6 is 23.2 Å². The van der Waals surface area contributed by atoms with Crippen LogP contribution in [0.1, 0.15) is 118 Å². The van der Waals surface area contributed by atoms with Gasteiger partial charge in [0.05, 0.1) is 16.6 Å². The van der Waals surface area contributed by atoms with E-state index in [2.05, 4.69) is 21.3 Å². The molecule has 4 N–H and O–H groups in total. The number of likely N-dealkylation sites (tertiary alicyclic amines) is 1. The molecule has 4 atom stereocenters. The van der Waals surface area contributed by atoms with Crippen molar-refractivity contribution < 1.29 is 32.8 Å². The van der Waals surface area contributed by atoms with Crippen LogP contribution in [0.15, 0.2) is 63.8 Å². The Balaban J connectivity index is 0.811. The lowest BCUT2D eigenvalue weighted by molar-refractivity contribution is -0.138. The Morgan fingerprint density at radius 3 is 2.37 bits per heavy atom. The first-order valence-corrected chi connectivity index (χ1v) is 23.0. The Hall–Kier alpha value is -5.05. The summed E-state index contributed by atoms with van der Waals surface area (Å²) in [4.78, 5) is 82.3. The molecule has 4 aliphatic heterocycles. The highest BCUT2D eigenvalue weighted by molar-refractivity contribution is 6.31. The molecule has 3 aromatic carbocycles. The first-order valence-electron chi connectivity index (χ1n) is 22.3. The number of hydrogen-bond donors (Lipinski definition) is 4. The Morgan fingerprint density at radius 2 is 1.62 bits per heavy atom. The number of aromatic nitrogens is 1. The smallest absolute Gasteiger partial charge is 0.408 e. The second-order valence-corrected chi connectivity index (χ2v) is 19.3. The van der Waals surface area contributed by atoms with Crippen LogP contribution in [0.5, 0.6) is 0 Å². The van der Waals surface area contributed by atoms with Gasteiger partial charge in [0.2, 0.25) is 29.5 Å². The van der Waals surface area contributed by atoms with Gasteiger partial charge in [-0.25, -0.2) is 9.18 Å². The minimum Gasteiger partial charge on any atom is -0.408 e. The third-order valence-corrected chi connectivity index (χ3v) is 15.7. The molecule has 330 valence electrons. The van der Waals surface area contributed by atoms with Crippen LogP contribution in [0.4, 0.5) is 10.1 Å². The summed E-state index contributed by atoms with van der Waals surface area (Å²) in [6.45, 7) is 1.17. The summed E-state index contributed by atoms with van der Waals surface area (Å²) in [7, 11) is 0. The van der Waals surface area contributed by atoms with Crippen molar-refractivity contribution in [3.05, 3.63) is 97.7 Å². The number of anilines is 1. The number of oxazole rings is 1. The third-order valence-electron chi connectivity index (χ3n) is 15.2. The maximum Gasteiger partial charge on any atom is 0.420 e. The van der Waals surface area contributed by atoms with Gasteiger partial charge in [0.15, 0.2) is 5.58 Å². The molecule has 3 saturated heterocycles. The number of imide groups is 1. The predicted octanol–water partition coefficient (Wildman–Crippen LogP) is 6.75. The van der Waals surface area contributed by atoms with Gasteiger partial charge in [-0.3, -0.25) is 39.2 Å². The molecule has 5 amide bonds. The van der Waals surface area contributed by atoms with Gasteiger partial charge in [-0.2, -0.15) is 0 Å². The minimum atomic E-state index is -1.31. The molecule has 10 rings (SSSR count). The second kappa shape index (κ2) is 16.2. The summed E-state index contributed by atoms with van der Waals surface area (Å²) in [5, 5.41) is 12.7. The molecule has 4 aromatic rings. The van der Waals surface area contributed by atoms with Crippen LogP contribution in [-0.4, -0.2) is 69.7 Å². The van der Waals surface area contributed by atoms with Crippen molar-refractivity contribution in [2.45, 2.75) is 124 Å². The fourth-order valence-corrected chi connectivity index (χ4v) is 12.6. The van der Waals surface area contributed by atoms with Gasteiger partial charge >= 0.3 is 5.76 Å². The zero-order chi connectivity index (χ0) is 43.8. The molecule has 2 saturated carbocycles. The highest BCUT2D eigenvalue weighted by Gasteiger charge is 2.72. The molecule has 2 spiro atoms. The van der Waals surface area contributed by atoms with E-state index < -0.39 is 46.4 Å². The number of nitrogens with zero attached hydrogens (tertiary/aromatic N) is 2. The molecule has 0 radical (unpaired) electrons. The van der Waals surface area contributed by atoms with E-state index in [1.54, 1.807) is 30.3 Å². The van der Waals surface area contributed by atoms with Crippen molar-refractivity contribution in [3.63, 3.8) is 0 Å². The summed E-state index contributed by atoms with van der Waals surface area (Å²) < 4.78 is 23.2. The van der Waals surface area contributed by atoms with Crippen LogP contribution in [0.25, 0.3) is 11.1 Å². The largest absolute Gasteiger partial charge is 0.420 e. The third kappa shape index (κ3) is 6.89. The van der Waals surface area contributed by atoms with Crippen molar-refractivity contribution in [1.82, 2.24) is 25.4 Å². The first-order chi connectivity index (χ1) is 30.4. The molecule has 2 aliphatic carbocycles. The van der Waals surface area contributed by atoms with E-state index in [0.29, 0.717) is 79.0 Å². The Kier molecular flexibility index (Phi) is 10.8. The lowest BCUT2D eigenvalue weighted by Gasteiger charge is -2.47. The summed E-state index contributed by atoms with van der Waals surface area (Å²) in [6, 6.07) is 13.7. The number of hydrogen-bond acceptors (Lipinski definition) is 8. The van der Waals surface area contributed by atoms with Crippen LogP contribution in [0, 0.1) is 11.7 Å². The number of carbonyl (C=O) groups excluding carboxylic acids is 5. The van der Waals surface area contributed by atoms with Crippen molar-refractivity contribution in [2.24, 2.45) is 5.92 Å². The van der Waals surface area contributed by atoms with E-state index in [4.69, 9.17) is 27.6 Å². The molecule has 63 heavy (non-hydrogen) atoms. The maximum absolute atomic E-state index is 16.3. The van der Waals surface area contributed by atoms with Gasteiger partial charge in [-0.05, 0) is 111 Å². The molecule has 13 nitrogen and oxygen atoms in total. The van der Waals surface area contributed by atoms with Crippen molar-refractivity contribution >= 4 is 69.5 Å². The van der Waals surface area contributed by atoms with Crippen LogP contribution in [0.2, 0.25) is 10.0 Å². The molecule has 5 fully saturated rings. The van der Waals surface area contributed by atoms with Crippen molar-refractivity contribution in [2.75, 3.05) is 18.4 Å². The highest BCUT2D eigenvalue weighted by Crippen LogP contribution is 2.63. The van der Waals surface area contributed by atoms with Gasteiger partial charge in [-0.1, -0.05) is 66.7 Å². The summed E-state index contributed by atoms with van der Waals surface area (Å²) in [6.07, 6.45) is 8.20. The van der Waals surface area contributed by atoms with E-state index in [1.807, 2.05) is 23.1 Å². The van der Waals surface area contributed by atoms with Crippen LogP contribution < -0.4 is 27.0 Å². The van der Waals surface area contributed by atoms with E-state index >= 15 is 4.39 Å². The van der Waals surface area contributed by atoms with E-state index in [-0.39, 0.29) is 64.9 Å². The Bertz CT molecular complexity index is 2610. The van der Waals surface area contributed by atoms with Gasteiger partial charge in [0.1, 0.15) is 17.3 Å². The highest BCUT2D eigenvalue weighted by atomic mass is 35.5. The zero-order valence-electron chi connectivity index (χ0n) is 34.7. The fourth-order valence-electron chi connectivity index (χ4n) is 12.2. The number of rotatable bonds is 6. The minimum absolute atomic E-state index is 0.0797. The number of nitrogens with one attached hydrogen (secondary N) is 4. The average Bonchev–Trinajstić information content (AvgIpc) is 3.87. The SMILES string of the molecule is O=C1CCC(n2c(=O)oc3cc(C4CCN(C(=O)C5CCC(NC(=O)[C@@H]6NC7(CCCCC7)[C@@]7(C(=O)Nc8cc(Cl)ccc87)[C@H]6c6cccc(Cl)c6F)CC5)CC4)ccc32)C(=O)N1. The molecular weight excluding hydrogens is 850 g/mol. The summed E-state index contributed by atoms with van der Waals surface area (Å²) in [5.41, 5.74) is 1.21. The number of benzene rings is 3. The van der Waals surface area contributed by atoms with E-state index in [9.17, 15) is 28.8 Å². The molecule has 1 aromatic heterocycles. The van der Waals surface area contributed by atoms with Crippen LogP contribution in [0.3, 0.4) is 0 Å². The maximum atomic E-state index is 16.3. The number of carbonyl (C=O) groups is 5. The van der Waals surface area contributed by atoms with Gasteiger partial charge in [-0.15, -0.1) is 0 Å². The lowest BCUT2D eigenvalue weighted by atomic mass is 9.55. The Labute approximate surface area is 372 Å². The first kappa shape index (κ1) is 41.9. The van der Waals surface area contributed by atoms with Crippen molar-refractivity contribution in [3.8, 4) is 0 Å². The average molecular weight is 900 g/mol. The van der Waals surface area contributed by atoms with Gasteiger partial charge in [0, 0.05) is 53.6 Å². The van der Waals surface area contributed by atoms with E-state index in [1.165, 1.54) is 10.6 Å². The molecule has 1 unspecified atom stereocenters. The molecule has 6 aliphatic rings. The predicted molar refractivity (Wildman–Crippen MR) is 233 cm³/mol. The molecule has 5 heterocycles.